The molecule has 0 fully saturated rings. The number of nitrogens with one attached hydrogen (secondary N) is 1. The van der Waals surface area contributed by atoms with E-state index in [9.17, 15) is 9.00 Å². The quantitative estimate of drug-likeness (QED) is 0.849. The molecule has 0 radical (unpaired) electrons. The highest BCUT2D eigenvalue weighted by Gasteiger charge is 2.09. The lowest BCUT2D eigenvalue weighted by molar-refractivity contribution is 0.0697. The molecule has 1 aromatic heterocycles. The van der Waals surface area contributed by atoms with Gasteiger partial charge in [-0.2, -0.15) is 4.98 Å². The van der Waals surface area contributed by atoms with Gasteiger partial charge in [-0.3, -0.25) is 4.21 Å². The Kier molecular flexibility index (Phi) is 3.61. The number of fused-ring (bicyclic) bond motifs is 1. The molecule has 0 saturated heterocycles. The summed E-state index contributed by atoms with van der Waals surface area (Å²) in [5.74, 6) is -0.511. The SMILES string of the molecule is CS(=O)CCNc1nc2ccc(C(=O)O)cc2o1. The normalized spacial score (nSPS) is 12.5. The molecule has 0 aliphatic carbocycles. The fourth-order valence-corrected chi connectivity index (χ4v) is 1.82. The molecule has 0 spiro atoms. The monoisotopic (exact) mass is 268 g/mol. The largest absolute Gasteiger partial charge is 0.478 e. The Morgan fingerprint density at radius 2 is 2.33 bits per heavy atom. The van der Waals surface area contributed by atoms with E-state index in [1.54, 1.807) is 12.3 Å². The van der Waals surface area contributed by atoms with Crippen molar-refractivity contribution in [1.29, 1.82) is 0 Å². The minimum Gasteiger partial charge on any atom is -0.478 e. The summed E-state index contributed by atoms with van der Waals surface area (Å²) in [5.41, 5.74) is 1.15. The molecule has 2 rings (SSSR count). The maximum atomic E-state index is 10.9. The molecule has 2 N–H and O–H groups in total. The maximum Gasteiger partial charge on any atom is 0.335 e. The lowest BCUT2D eigenvalue weighted by Crippen LogP contribution is -2.09. The molecule has 2 aromatic rings. The molecule has 0 saturated carbocycles. The first-order valence-corrected chi connectivity index (χ1v) is 6.97. The molecule has 7 heteroatoms. The molecule has 1 unspecified atom stereocenters. The molecular formula is C11H12N2O4S. The lowest BCUT2D eigenvalue weighted by Gasteiger charge is -1.97. The molecule has 18 heavy (non-hydrogen) atoms. The van der Waals surface area contributed by atoms with Gasteiger partial charge in [0.05, 0.1) is 5.56 Å². The van der Waals surface area contributed by atoms with E-state index in [1.807, 2.05) is 0 Å². The first kappa shape index (κ1) is 12.6. The molecule has 1 aromatic carbocycles. The van der Waals surface area contributed by atoms with Crippen LogP contribution >= 0.6 is 0 Å². The minimum absolute atomic E-state index is 0.153. The maximum absolute atomic E-state index is 10.9. The van der Waals surface area contributed by atoms with Crippen molar-refractivity contribution >= 4 is 33.9 Å². The van der Waals surface area contributed by atoms with E-state index in [0.717, 1.165) is 0 Å². The number of hydrogen-bond donors (Lipinski definition) is 2. The van der Waals surface area contributed by atoms with Crippen molar-refractivity contribution in [2.75, 3.05) is 23.9 Å². The Morgan fingerprint density at radius 1 is 1.56 bits per heavy atom. The molecule has 0 bridgehead atoms. The topological polar surface area (TPSA) is 92.4 Å². The van der Waals surface area contributed by atoms with Crippen molar-refractivity contribution in [3.63, 3.8) is 0 Å². The third-order valence-electron chi connectivity index (χ3n) is 2.30. The Morgan fingerprint density at radius 3 is 3.00 bits per heavy atom. The standard InChI is InChI=1S/C11H12N2O4S/c1-18(16)5-4-12-11-13-8-3-2-7(10(14)15)6-9(8)17-11/h2-3,6H,4-5H2,1H3,(H,12,13)(H,14,15). The zero-order chi connectivity index (χ0) is 13.1. The first-order valence-electron chi connectivity index (χ1n) is 5.24. The fraction of sp³-hybridized carbons (Fsp3) is 0.273. The second-order valence-electron chi connectivity index (χ2n) is 3.71. The summed E-state index contributed by atoms with van der Waals surface area (Å²) in [5, 5.41) is 11.7. The van der Waals surface area contributed by atoms with Gasteiger partial charge in [-0.1, -0.05) is 0 Å². The van der Waals surface area contributed by atoms with Gasteiger partial charge in [0.2, 0.25) is 0 Å². The van der Waals surface area contributed by atoms with Crippen LogP contribution in [0.1, 0.15) is 10.4 Å². The van der Waals surface area contributed by atoms with Crippen LogP contribution in [0.4, 0.5) is 6.01 Å². The van der Waals surface area contributed by atoms with Crippen LogP contribution in [0.5, 0.6) is 0 Å². The number of hydrogen-bond acceptors (Lipinski definition) is 5. The number of aromatic carboxylic acids is 1. The molecular weight excluding hydrogens is 256 g/mol. The zero-order valence-corrected chi connectivity index (χ0v) is 10.5. The average molecular weight is 268 g/mol. The van der Waals surface area contributed by atoms with Gasteiger partial charge in [0, 0.05) is 29.4 Å². The second kappa shape index (κ2) is 5.18. The van der Waals surface area contributed by atoms with Crippen LogP contribution in [0.15, 0.2) is 22.6 Å². The van der Waals surface area contributed by atoms with Gasteiger partial charge in [-0.05, 0) is 18.2 Å². The van der Waals surface area contributed by atoms with E-state index in [-0.39, 0.29) is 5.56 Å². The van der Waals surface area contributed by atoms with Gasteiger partial charge in [-0.15, -0.1) is 0 Å². The second-order valence-corrected chi connectivity index (χ2v) is 5.27. The van der Waals surface area contributed by atoms with Gasteiger partial charge in [-0.25, -0.2) is 4.79 Å². The van der Waals surface area contributed by atoms with Crippen molar-refractivity contribution in [2.24, 2.45) is 0 Å². The van der Waals surface area contributed by atoms with Gasteiger partial charge in [0.15, 0.2) is 5.58 Å². The number of nitrogens with zero attached hydrogens (tertiary/aromatic N) is 1. The highest BCUT2D eigenvalue weighted by atomic mass is 32.2. The van der Waals surface area contributed by atoms with Crippen LogP contribution in [0.3, 0.4) is 0 Å². The summed E-state index contributed by atoms with van der Waals surface area (Å²) in [6, 6.07) is 4.79. The first-order chi connectivity index (χ1) is 8.56. The van der Waals surface area contributed by atoms with Crippen LogP contribution in [0.2, 0.25) is 0 Å². The number of rotatable bonds is 5. The molecule has 0 aliphatic heterocycles. The average Bonchev–Trinajstić information content (AvgIpc) is 2.69. The summed E-state index contributed by atoms with van der Waals surface area (Å²) in [4.78, 5) is 14.9. The van der Waals surface area contributed by atoms with Crippen LogP contribution < -0.4 is 5.32 Å². The summed E-state index contributed by atoms with van der Waals surface area (Å²) < 4.78 is 16.2. The summed E-state index contributed by atoms with van der Waals surface area (Å²) in [6.07, 6.45) is 1.62. The molecule has 6 nitrogen and oxygen atoms in total. The predicted octanol–water partition coefficient (Wildman–Crippen LogP) is 1.32. The Hall–Kier alpha value is -1.89. The molecule has 96 valence electrons. The molecule has 1 atom stereocenters. The van der Waals surface area contributed by atoms with E-state index in [2.05, 4.69) is 10.3 Å². The predicted molar refractivity (Wildman–Crippen MR) is 68.4 cm³/mol. The summed E-state index contributed by atoms with van der Waals surface area (Å²) in [6.45, 7) is 0.488. The van der Waals surface area contributed by atoms with Gasteiger partial charge < -0.3 is 14.8 Å². The third-order valence-corrected chi connectivity index (χ3v) is 3.08. The number of oxazole rings is 1. The Bertz CT molecular complexity index is 608. The molecule has 1 heterocycles. The van der Waals surface area contributed by atoms with E-state index in [0.29, 0.717) is 29.4 Å². The Balaban J connectivity index is 2.16. The highest BCUT2D eigenvalue weighted by Crippen LogP contribution is 2.20. The van der Waals surface area contributed by atoms with Crippen molar-refractivity contribution < 1.29 is 18.5 Å². The van der Waals surface area contributed by atoms with Crippen molar-refractivity contribution in [3.05, 3.63) is 23.8 Å². The van der Waals surface area contributed by atoms with Crippen LogP contribution in [-0.2, 0) is 10.8 Å². The smallest absolute Gasteiger partial charge is 0.335 e. The number of anilines is 1. The molecule has 0 amide bonds. The number of carbonyl (C=O) groups is 1. The summed E-state index contributed by atoms with van der Waals surface area (Å²) >= 11 is 0. The van der Waals surface area contributed by atoms with Crippen molar-refractivity contribution in [2.45, 2.75) is 0 Å². The van der Waals surface area contributed by atoms with Gasteiger partial charge in [0.25, 0.3) is 6.01 Å². The van der Waals surface area contributed by atoms with Crippen LogP contribution in [0, 0.1) is 0 Å². The van der Waals surface area contributed by atoms with Crippen LogP contribution in [0.25, 0.3) is 11.1 Å². The van der Waals surface area contributed by atoms with Gasteiger partial charge >= 0.3 is 5.97 Å². The van der Waals surface area contributed by atoms with E-state index in [4.69, 9.17) is 9.52 Å². The minimum atomic E-state index is -1.01. The van der Waals surface area contributed by atoms with Crippen molar-refractivity contribution in [3.8, 4) is 0 Å². The third kappa shape index (κ3) is 2.86. The number of carboxylic acid groups (broad SMARTS) is 1. The van der Waals surface area contributed by atoms with E-state index in [1.165, 1.54) is 12.1 Å². The van der Waals surface area contributed by atoms with E-state index < -0.39 is 16.8 Å². The Labute approximate surface area is 105 Å². The van der Waals surface area contributed by atoms with Gasteiger partial charge in [0.1, 0.15) is 5.52 Å². The van der Waals surface area contributed by atoms with E-state index >= 15 is 0 Å². The van der Waals surface area contributed by atoms with Crippen LogP contribution in [-0.4, -0.2) is 38.8 Å². The lowest BCUT2D eigenvalue weighted by atomic mass is 10.2. The number of benzene rings is 1. The zero-order valence-electron chi connectivity index (χ0n) is 9.67. The van der Waals surface area contributed by atoms with Crippen molar-refractivity contribution in [1.82, 2.24) is 4.98 Å². The number of aromatic nitrogens is 1. The number of carboxylic acids is 1. The highest BCUT2D eigenvalue weighted by molar-refractivity contribution is 7.84. The molecule has 0 aliphatic rings. The fourth-order valence-electron chi connectivity index (χ4n) is 1.43. The summed E-state index contributed by atoms with van der Waals surface area (Å²) in [7, 11) is -0.876.